The molecule has 0 spiro atoms. The molecule has 1 unspecified atom stereocenters. The highest BCUT2D eigenvalue weighted by atomic mass is 15.1. The minimum atomic E-state index is 0.864. The zero-order chi connectivity index (χ0) is 11.8. The molecule has 2 heteroatoms. The van der Waals surface area contributed by atoms with Gasteiger partial charge in [-0.1, -0.05) is 19.8 Å². The SMILES string of the molecule is CCCC(CCN)CCCN(C)CC1CC1. The quantitative estimate of drug-likeness (QED) is 0.620. The van der Waals surface area contributed by atoms with Crippen molar-refractivity contribution in [1.29, 1.82) is 0 Å². The molecule has 2 N–H and O–H groups in total. The fourth-order valence-electron chi connectivity index (χ4n) is 2.56. The van der Waals surface area contributed by atoms with Crippen molar-refractivity contribution in [3.63, 3.8) is 0 Å². The van der Waals surface area contributed by atoms with Crippen molar-refractivity contribution in [2.75, 3.05) is 26.7 Å². The Hall–Kier alpha value is -0.0800. The summed E-state index contributed by atoms with van der Waals surface area (Å²) in [6.07, 6.45) is 9.56. The minimum Gasteiger partial charge on any atom is -0.330 e. The van der Waals surface area contributed by atoms with Gasteiger partial charge in [-0.15, -0.1) is 0 Å². The van der Waals surface area contributed by atoms with Gasteiger partial charge in [0, 0.05) is 6.54 Å². The first-order chi connectivity index (χ1) is 7.76. The highest BCUT2D eigenvalue weighted by Gasteiger charge is 2.22. The summed E-state index contributed by atoms with van der Waals surface area (Å²) in [6.45, 7) is 5.75. The van der Waals surface area contributed by atoms with E-state index in [1.165, 1.54) is 58.0 Å². The lowest BCUT2D eigenvalue weighted by Crippen LogP contribution is -2.23. The lowest BCUT2D eigenvalue weighted by molar-refractivity contribution is 0.294. The van der Waals surface area contributed by atoms with E-state index in [0.29, 0.717) is 0 Å². The monoisotopic (exact) mass is 226 g/mol. The van der Waals surface area contributed by atoms with Gasteiger partial charge in [-0.25, -0.2) is 0 Å². The van der Waals surface area contributed by atoms with E-state index in [0.717, 1.165) is 18.4 Å². The predicted octanol–water partition coefficient (Wildman–Crippen LogP) is 2.87. The van der Waals surface area contributed by atoms with Gasteiger partial charge in [0.05, 0.1) is 0 Å². The molecule has 1 aliphatic rings. The van der Waals surface area contributed by atoms with Gasteiger partial charge in [0.25, 0.3) is 0 Å². The Balaban J connectivity index is 2.01. The Labute approximate surface area is 102 Å². The van der Waals surface area contributed by atoms with Gasteiger partial charge < -0.3 is 10.6 Å². The van der Waals surface area contributed by atoms with Gasteiger partial charge in [0.15, 0.2) is 0 Å². The Morgan fingerprint density at radius 2 is 2.00 bits per heavy atom. The molecule has 0 amide bonds. The van der Waals surface area contributed by atoms with Crippen LogP contribution in [0.3, 0.4) is 0 Å². The Morgan fingerprint density at radius 1 is 1.25 bits per heavy atom. The Kier molecular flexibility index (Phi) is 7.06. The number of nitrogens with zero attached hydrogens (tertiary/aromatic N) is 1. The summed E-state index contributed by atoms with van der Waals surface area (Å²) in [4.78, 5) is 2.52. The zero-order valence-electron chi connectivity index (χ0n) is 11.3. The lowest BCUT2D eigenvalue weighted by Gasteiger charge is -2.19. The van der Waals surface area contributed by atoms with Gasteiger partial charge in [0.2, 0.25) is 0 Å². The molecule has 0 aromatic carbocycles. The van der Waals surface area contributed by atoms with E-state index in [1.54, 1.807) is 0 Å². The van der Waals surface area contributed by atoms with E-state index >= 15 is 0 Å². The molecule has 1 aliphatic carbocycles. The first-order valence-electron chi connectivity index (χ1n) is 7.14. The smallest absolute Gasteiger partial charge is 0.000661 e. The van der Waals surface area contributed by atoms with E-state index in [-0.39, 0.29) is 0 Å². The molecule has 0 aromatic rings. The maximum atomic E-state index is 5.65. The molecule has 0 bridgehead atoms. The molecule has 1 saturated carbocycles. The van der Waals surface area contributed by atoms with Crippen LogP contribution in [0.1, 0.15) is 51.9 Å². The van der Waals surface area contributed by atoms with Crippen LogP contribution >= 0.6 is 0 Å². The standard InChI is InChI=1S/C14H30N2/c1-3-5-13(9-10-15)6-4-11-16(2)12-14-7-8-14/h13-14H,3-12,15H2,1-2H3. The molecule has 16 heavy (non-hydrogen) atoms. The van der Waals surface area contributed by atoms with Crippen LogP contribution < -0.4 is 5.73 Å². The number of hydrogen-bond donors (Lipinski definition) is 1. The minimum absolute atomic E-state index is 0.864. The fourth-order valence-corrected chi connectivity index (χ4v) is 2.56. The normalized spacial score (nSPS) is 18.0. The van der Waals surface area contributed by atoms with Crippen LogP contribution in [0.15, 0.2) is 0 Å². The predicted molar refractivity (Wildman–Crippen MR) is 71.5 cm³/mol. The van der Waals surface area contributed by atoms with Gasteiger partial charge in [-0.05, 0) is 64.1 Å². The molecule has 0 heterocycles. The molecule has 0 aromatic heterocycles. The van der Waals surface area contributed by atoms with Crippen LogP contribution in [0.2, 0.25) is 0 Å². The van der Waals surface area contributed by atoms with E-state index in [9.17, 15) is 0 Å². The summed E-state index contributed by atoms with van der Waals surface area (Å²) in [5.74, 6) is 1.91. The van der Waals surface area contributed by atoms with E-state index in [2.05, 4.69) is 18.9 Å². The topological polar surface area (TPSA) is 29.3 Å². The average Bonchev–Trinajstić information content (AvgIpc) is 3.02. The largest absolute Gasteiger partial charge is 0.330 e. The maximum Gasteiger partial charge on any atom is 0.000661 e. The number of nitrogens with two attached hydrogens (primary N) is 1. The number of hydrogen-bond acceptors (Lipinski definition) is 2. The van der Waals surface area contributed by atoms with E-state index in [4.69, 9.17) is 5.73 Å². The van der Waals surface area contributed by atoms with Crippen molar-refractivity contribution >= 4 is 0 Å². The van der Waals surface area contributed by atoms with Crippen LogP contribution in [-0.2, 0) is 0 Å². The third-order valence-corrected chi connectivity index (χ3v) is 3.69. The zero-order valence-corrected chi connectivity index (χ0v) is 11.3. The second-order valence-electron chi connectivity index (χ2n) is 5.58. The third-order valence-electron chi connectivity index (χ3n) is 3.69. The van der Waals surface area contributed by atoms with Crippen molar-refractivity contribution in [2.24, 2.45) is 17.6 Å². The molecular formula is C14H30N2. The molecular weight excluding hydrogens is 196 g/mol. The van der Waals surface area contributed by atoms with Gasteiger partial charge in [-0.2, -0.15) is 0 Å². The fraction of sp³-hybridized carbons (Fsp3) is 1.00. The number of rotatable bonds is 10. The maximum absolute atomic E-state index is 5.65. The second-order valence-corrected chi connectivity index (χ2v) is 5.58. The average molecular weight is 226 g/mol. The lowest BCUT2D eigenvalue weighted by atomic mass is 9.94. The third kappa shape index (κ3) is 6.49. The van der Waals surface area contributed by atoms with Gasteiger partial charge in [-0.3, -0.25) is 0 Å². The summed E-state index contributed by atoms with van der Waals surface area (Å²) in [6, 6.07) is 0. The summed E-state index contributed by atoms with van der Waals surface area (Å²) in [5.41, 5.74) is 5.65. The second kappa shape index (κ2) is 8.08. The molecule has 0 aliphatic heterocycles. The van der Waals surface area contributed by atoms with Crippen LogP contribution in [0.5, 0.6) is 0 Å². The first-order valence-corrected chi connectivity index (χ1v) is 7.14. The van der Waals surface area contributed by atoms with E-state index in [1.807, 2.05) is 0 Å². The van der Waals surface area contributed by atoms with Crippen LogP contribution in [0.4, 0.5) is 0 Å². The highest BCUT2D eigenvalue weighted by molar-refractivity contribution is 4.76. The van der Waals surface area contributed by atoms with Gasteiger partial charge >= 0.3 is 0 Å². The van der Waals surface area contributed by atoms with Crippen molar-refractivity contribution in [3.8, 4) is 0 Å². The molecule has 0 radical (unpaired) electrons. The first kappa shape index (κ1) is 14.0. The van der Waals surface area contributed by atoms with E-state index < -0.39 is 0 Å². The highest BCUT2D eigenvalue weighted by Crippen LogP contribution is 2.29. The van der Waals surface area contributed by atoms with Gasteiger partial charge in [0.1, 0.15) is 0 Å². The van der Waals surface area contributed by atoms with Crippen LogP contribution in [0, 0.1) is 11.8 Å². The van der Waals surface area contributed by atoms with Crippen molar-refractivity contribution in [3.05, 3.63) is 0 Å². The van der Waals surface area contributed by atoms with Crippen molar-refractivity contribution in [2.45, 2.75) is 51.9 Å². The molecule has 1 atom stereocenters. The summed E-state index contributed by atoms with van der Waals surface area (Å²) < 4.78 is 0. The summed E-state index contributed by atoms with van der Waals surface area (Å²) >= 11 is 0. The molecule has 96 valence electrons. The van der Waals surface area contributed by atoms with Crippen LogP contribution in [-0.4, -0.2) is 31.6 Å². The molecule has 1 rings (SSSR count). The van der Waals surface area contributed by atoms with Crippen molar-refractivity contribution in [1.82, 2.24) is 4.90 Å². The Bertz CT molecular complexity index is 160. The van der Waals surface area contributed by atoms with Crippen LogP contribution in [0.25, 0.3) is 0 Å². The molecule has 2 nitrogen and oxygen atoms in total. The molecule has 1 fully saturated rings. The Morgan fingerprint density at radius 3 is 2.56 bits per heavy atom. The summed E-state index contributed by atoms with van der Waals surface area (Å²) in [7, 11) is 2.27. The molecule has 0 saturated heterocycles. The van der Waals surface area contributed by atoms with Crippen molar-refractivity contribution < 1.29 is 0 Å². The summed E-state index contributed by atoms with van der Waals surface area (Å²) in [5, 5.41) is 0.